The molecule has 0 aromatic rings. The predicted molar refractivity (Wildman–Crippen MR) is 62.0 cm³/mol. The Morgan fingerprint density at radius 1 is 1.56 bits per heavy atom. The highest BCUT2D eigenvalue weighted by molar-refractivity contribution is 5.97. The number of nitrogens with one attached hydrogen (secondary N) is 1. The maximum absolute atomic E-state index is 11.7. The number of carbonyl (C=O) groups excluding carboxylic acids is 2. The van der Waals surface area contributed by atoms with Crippen molar-refractivity contribution < 1.29 is 9.59 Å². The summed E-state index contributed by atoms with van der Waals surface area (Å²) in [5, 5.41) is 3.06. The number of amides is 2. The van der Waals surface area contributed by atoms with Gasteiger partial charge in [-0.25, -0.2) is 0 Å². The van der Waals surface area contributed by atoms with Gasteiger partial charge in [0.2, 0.25) is 11.8 Å². The molecule has 0 spiro atoms. The van der Waals surface area contributed by atoms with Crippen molar-refractivity contribution in [2.24, 2.45) is 0 Å². The van der Waals surface area contributed by atoms with E-state index in [0.717, 1.165) is 25.9 Å². The first-order chi connectivity index (χ1) is 7.65. The summed E-state index contributed by atoms with van der Waals surface area (Å²) >= 11 is 0. The van der Waals surface area contributed by atoms with Crippen molar-refractivity contribution in [2.75, 3.05) is 40.3 Å². The highest BCUT2D eigenvalue weighted by Crippen LogP contribution is 2.09. The molecule has 1 aliphatic rings. The van der Waals surface area contributed by atoms with Gasteiger partial charge < -0.3 is 5.32 Å². The number of imide groups is 1. The summed E-state index contributed by atoms with van der Waals surface area (Å²) in [6, 6.07) is 0. The Hall–Kier alpha value is -0.940. The summed E-state index contributed by atoms with van der Waals surface area (Å²) in [5.74, 6) is -0.0805. The Morgan fingerprint density at radius 3 is 2.88 bits per heavy atom. The molecule has 0 unspecified atom stereocenters. The van der Waals surface area contributed by atoms with E-state index in [2.05, 4.69) is 5.32 Å². The van der Waals surface area contributed by atoms with Crippen molar-refractivity contribution in [1.82, 2.24) is 15.1 Å². The fourth-order valence-electron chi connectivity index (χ4n) is 1.83. The minimum Gasteiger partial charge on any atom is -0.320 e. The van der Waals surface area contributed by atoms with Crippen molar-refractivity contribution in [3.8, 4) is 0 Å². The molecule has 1 fully saturated rings. The van der Waals surface area contributed by atoms with Crippen LogP contribution in [-0.2, 0) is 9.59 Å². The zero-order chi connectivity index (χ0) is 12.0. The van der Waals surface area contributed by atoms with Crippen LogP contribution in [0.5, 0.6) is 0 Å². The van der Waals surface area contributed by atoms with Gasteiger partial charge >= 0.3 is 0 Å². The van der Waals surface area contributed by atoms with Gasteiger partial charge in [0.1, 0.15) is 0 Å². The smallest absolute Gasteiger partial charge is 0.243 e. The zero-order valence-electron chi connectivity index (χ0n) is 10.2. The Labute approximate surface area is 96.8 Å². The molecule has 1 saturated heterocycles. The van der Waals surface area contributed by atoms with Crippen molar-refractivity contribution in [3.05, 3.63) is 0 Å². The zero-order valence-corrected chi connectivity index (χ0v) is 10.2. The Kier molecular flexibility index (Phi) is 5.42. The molecule has 5 heteroatoms. The molecular formula is C11H21N3O2. The van der Waals surface area contributed by atoms with Crippen molar-refractivity contribution >= 4 is 11.8 Å². The molecule has 0 saturated carbocycles. The molecule has 1 aliphatic heterocycles. The molecule has 2 amide bonds. The third kappa shape index (κ3) is 3.90. The molecule has 92 valence electrons. The van der Waals surface area contributed by atoms with E-state index in [9.17, 15) is 9.59 Å². The van der Waals surface area contributed by atoms with Crippen molar-refractivity contribution in [3.63, 3.8) is 0 Å². The third-order valence-electron chi connectivity index (χ3n) is 2.75. The second-order valence-electron chi connectivity index (χ2n) is 4.24. The lowest BCUT2D eigenvalue weighted by atomic mass is 10.3. The van der Waals surface area contributed by atoms with Gasteiger partial charge in [-0.05, 0) is 40.0 Å². The van der Waals surface area contributed by atoms with E-state index < -0.39 is 0 Å². The lowest BCUT2D eigenvalue weighted by molar-refractivity contribution is -0.142. The Balaban J connectivity index is 2.25. The van der Waals surface area contributed by atoms with E-state index in [1.165, 1.54) is 4.90 Å². The lowest BCUT2D eigenvalue weighted by Crippen LogP contribution is -2.40. The molecular weight excluding hydrogens is 206 g/mol. The molecule has 0 atom stereocenters. The van der Waals surface area contributed by atoms with Gasteiger partial charge in [0.05, 0.1) is 6.54 Å². The number of nitrogens with zero attached hydrogens (tertiary/aromatic N) is 2. The van der Waals surface area contributed by atoms with Gasteiger partial charge in [0, 0.05) is 13.0 Å². The maximum Gasteiger partial charge on any atom is 0.243 e. The molecule has 1 heterocycles. The summed E-state index contributed by atoms with van der Waals surface area (Å²) in [7, 11) is 3.82. The van der Waals surface area contributed by atoms with Crippen LogP contribution in [0.15, 0.2) is 0 Å². The van der Waals surface area contributed by atoms with Crippen LogP contribution in [0.2, 0.25) is 0 Å². The van der Waals surface area contributed by atoms with Gasteiger partial charge in [-0.3, -0.25) is 19.4 Å². The van der Waals surface area contributed by atoms with Crippen LogP contribution in [0.4, 0.5) is 0 Å². The molecule has 0 aromatic carbocycles. The molecule has 0 aliphatic carbocycles. The number of rotatable bonds is 6. The highest BCUT2D eigenvalue weighted by atomic mass is 16.2. The second-order valence-corrected chi connectivity index (χ2v) is 4.24. The van der Waals surface area contributed by atoms with Gasteiger partial charge in [-0.2, -0.15) is 0 Å². The van der Waals surface area contributed by atoms with E-state index in [0.29, 0.717) is 19.5 Å². The molecule has 0 aromatic heterocycles. The van der Waals surface area contributed by atoms with Gasteiger partial charge in [0.15, 0.2) is 0 Å². The molecule has 0 bridgehead atoms. The maximum atomic E-state index is 11.7. The molecule has 1 N–H and O–H groups in total. The van der Waals surface area contributed by atoms with E-state index in [4.69, 9.17) is 0 Å². The SMILES string of the molecule is CNCCCN(C)CC(=O)N1CCCC1=O. The van der Waals surface area contributed by atoms with Gasteiger partial charge in [0.25, 0.3) is 0 Å². The third-order valence-corrected chi connectivity index (χ3v) is 2.75. The first kappa shape index (κ1) is 13.1. The monoisotopic (exact) mass is 227 g/mol. The van der Waals surface area contributed by atoms with Crippen LogP contribution < -0.4 is 5.32 Å². The van der Waals surface area contributed by atoms with E-state index in [1.807, 2.05) is 19.0 Å². The minimum absolute atomic E-state index is 0.0198. The second kappa shape index (κ2) is 6.60. The number of likely N-dealkylation sites (N-methyl/N-ethyl adjacent to an activating group) is 1. The predicted octanol–water partition coefficient (Wildman–Crippen LogP) is -0.323. The first-order valence-electron chi connectivity index (χ1n) is 5.81. The Bertz CT molecular complexity index is 256. The molecule has 16 heavy (non-hydrogen) atoms. The topological polar surface area (TPSA) is 52.7 Å². The summed E-state index contributed by atoms with van der Waals surface area (Å²) in [6.45, 7) is 2.76. The van der Waals surface area contributed by atoms with Crippen LogP contribution in [0, 0.1) is 0 Å². The largest absolute Gasteiger partial charge is 0.320 e. The quantitative estimate of drug-likeness (QED) is 0.632. The van der Waals surface area contributed by atoms with E-state index in [-0.39, 0.29) is 11.8 Å². The normalized spacial score (nSPS) is 16.2. The van der Waals surface area contributed by atoms with Crippen LogP contribution in [-0.4, -0.2) is 61.9 Å². The van der Waals surface area contributed by atoms with Gasteiger partial charge in [-0.15, -0.1) is 0 Å². The highest BCUT2D eigenvalue weighted by Gasteiger charge is 2.26. The fraction of sp³-hybridized carbons (Fsp3) is 0.818. The molecule has 0 radical (unpaired) electrons. The van der Waals surface area contributed by atoms with Crippen LogP contribution >= 0.6 is 0 Å². The van der Waals surface area contributed by atoms with Crippen molar-refractivity contribution in [2.45, 2.75) is 19.3 Å². The lowest BCUT2D eigenvalue weighted by Gasteiger charge is -2.19. The van der Waals surface area contributed by atoms with E-state index >= 15 is 0 Å². The van der Waals surface area contributed by atoms with Crippen LogP contribution in [0.1, 0.15) is 19.3 Å². The van der Waals surface area contributed by atoms with Gasteiger partial charge in [-0.1, -0.05) is 0 Å². The number of carbonyl (C=O) groups is 2. The number of hydrogen-bond acceptors (Lipinski definition) is 4. The molecule has 5 nitrogen and oxygen atoms in total. The minimum atomic E-state index is -0.0607. The average molecular weight is 227 g/mol. The summed E-state index contributed by atoms with van der Waals surface area (Å²) in [5.41, 5.74) is 0. The Morgan fingerprint density at radius 2 is 2.31 bits per heavy atom. The van der Waals surface area contributed by atoms with Crippen LogP contribution in [0.25, 0.3) is 0 Å². The van der Waals surface area contributed by atoms with E-state index in [1.54, 1.807) is 0 Å². The number of likely N-dealkylation sites (tertiary alicyclic amines) is 1. The standard InChI is InChI=1S/C11H21N3O2/c1-12-6-4-7-13(2)9-11(16)14-8-3-5-10(14)15/h12H,3-9H2,1-2H3. The summed E-state index contributed by atoms with van der Waals surface area (Å²) < 4.78 is 0. The van der Waals surface area contributed by atoms with Crippen LogP contribution in [0.3, 0.4) is 0 Å². The first-order valence-corrected chi connectivity index (χ1v) is 5.81. The summed E-state index contributed by atoms with van der Waals surface area (Å²) in [6.07, 6.45) is 2.34. The molecule has 1 rings (SSSR count). The fourth-order valence-corrected chi connectivity index (χ4v) is 1.83. The average Bonchev–Trinajstić information content (AvgIpc) is 2.65. The van der Waals surface area contributed by atoms with Crippen molar-refractivity contribution in [1.29, 1.82) is 0 Å². The summed E-state index contributed by atoms with van der Waals surface area (Å²) in [4.78, 5) is 26.4. The number of hydrogen-bond donors (Lipinski definition) is 1.